The first-order chi connectivity index (χ1) is 8.22. The number of benzene rings is 1. The number of aromatic nitrogens is 2. The maximum absolute atomic E-state index is 9.00. The third-order valence-electron chi connectivity index (χ3n) is 2.36. The Labute approximate surface area is 104 Å². The average Bonchev–Trinajstić information content (AvgIpc) is 2.77. The summed E-state index contributed by atoms with van der Waals surface area (Å²) in [6, 6.07) is 5.18. The molecule has 0 aliphatic rings. The minimum absolute atomic E-state index is 0.0765. The molecule has 4 nitrogen and oxygen atoms in total. The Hall–Kier alpha value is -1.52. The van der Waals surface area contributed by atoms with Crippen molar-refractivity contribution in [3.05, 3.63) is 41.2 Å². The number of hydrogen-bond donors (Lipinski definition) is 1. The van der Waals surface area contributed by atoms with E-state index in [9.17, 15) is 0 Å². The second-order valence-electron chi connectivity index (χ2n) is 3.55. The second-order valence-corrected chi connectivity index (χ2v) is 3.95. The highest BCUT2D eigenvalue weighted by molar-refractivity contribution is 6.31. The fraction of sp³-hybridized carbons (Fsp3) is 0.250. The summed E-state index contributed by atoms with van der Waals surface area (Å²) < 4.78 is 7.37. The predicted octanol–water partition coefficient (Wildman–Crippen LogP) is 2.84. The number of aliphatic hydroxyl groups excluding tert-OH is 1. The van der Waals surface area contributed by atoms with Gasteiger partial charge in [-0.05, 0) is 24.6 Å². The highest BCUT2D eigenvalue weighted by Crippen LogP contribution is 2.26. The van der Waals surface area contributed by atoms with Crippen LogP contribution < -0.4 is 4.74 Å². The van der Waals surface area contributed by atoms with Crippen molar-refractivity contribution in [1.29, 1.82) is 0 Å². The van der Waals surface area contributed by atoms with Gasteiger partial charge in [0.25, 0.3) is 0 Å². The Morgan fingerprint density at radius 2 is 2.24 bits per heavy atom. The van der Waals surface area contributed by atoms with Crippen LogP contribution in [0.1, 0.15) is 12.5 Å². The van der Waals surface area contributed by atoms with E-state index in [1.54, 1.807) is 29.1 Å². The molecule has 0 aliphatic heterocycles. The van der Waals surface area contributed by atoms with Crippen LogP contribution in [-0.4, -0.2) is 14.9 Å². The number of ether oxygens (including phenoxy) is 1. The second kappa shape index (κ2) is 5.21. The molecular weight excluding hydrogens is 240 g/mol. The number of rotatable bonds is 4. The van der Waals surface area contributed by atoms with Crippen molar-refractivity contribution in [2.24, 2.45) is 0 Å². The normalized spacial score (nSPS) is 10.5. The molecule has 0 spiro atoms. The van der Waals surface area contributed by atoms with Crippen molar-refractivity contribution >= 4 is 11.6 Å². The van der Waals surface area contributed by atoms with Gasteiger partial charge in [0.05, 0.1) is 19.0 Å². The van der Waals surface area contributed by atoms with E-state index in [-0.39, 0.29) is 6.61 Å². The molecule has 0 radical (unpaired) electrons. The zero-order chi connectivity index (χ0) is 12.3. The fourth-order valence-corrected chi connectivity index (χ4v) is 1.66. The van der Waals surface area contributed by atoms with E-state index in [2.05, 4.69) is 5.10 Å². The van der Waals surface area contributed by atoms with Gasteiger partial charge in [0.1, 0.15) is 5.75 Å². The molecule has 0 saturated carbocycles. The summed E-state index contributed by atoms with van der Waals surface area (Å²) in [4.78, 5) is 0. The van der Waals surface area contributed by atoms with Crippen molar-refractivity contribution in [3.63, 3.8) is 0 Å². The molecule has 2 aromatic rings. The zero-order valence-electron chi connectivity index (χ0n) is 9.43. The van der Waals surface area contributed by atoms with E-state index in [4.69, 9.17) is 21.4 Å². The first-order valence-electron chi connectivity index (χ1n) is 5.32. The van der Waals surface area contributed by atoms with Gasteiger partial charge in [-0.25, -0.2) is 0 Å². The third kappa shape index (κ3) is 2.78. The minimum Gasteiger partial charge on any atom is -0.454 e. The molecule has 17 heavy (non-hydrogen) atoms. The van der Waals surface area contributed by atoms with Crippen LogP contribution in [0, 0.1) is 0 Å². The van der Waals surface area contributed by atoms with Crippen molar-refractivity contribution < 1.29 is 9.84 Å². The van der Waals surface area contributed by atoms with Gasteiger partial charge in [0.2, 0.25) is 0 Å². The smallest absolute Gasteiger partial charge is 0.165 e. The molecule has 0 amide bonds. The Morgan fingerprint density at radius 3 is 2.82 bits per heavy atom. The summed E-state index contributed by atoms with van der Waals surface area (Å²) in [5, 5.41) is 13.6. The number of hydrogen-bond acceptors (Lipinski definition) is 3. The number of nitrogens with zero attached hydrogens (tertiary/aromatic N) is 2. The summed E-state index contributed by atoms with van der Waals surface area (Å²) in [6.45, 7) is 2.73. The lowest BCUT2D eigenvalue weighted by molar-refractivity contribution is 0.282. The van der Waals surface area contributed by atoms with E-state index >= 15 is 0 Å². The largest absolute Gasteiger partial charge is 0.454 e. The highest BCUT2D eigenvalue weighted by Gasteiger charge is 2.04. The molecule has 2 rings (SSSR count). The van der Waals surface area contributed by atoms with E-state index < -0.39 is 0 Å². The highest BCUT2D eigenvalue weighted by atomic mass is 35.5. The van der Waals surface area contributed by atoms with Gasteiger partial charge >= 0.3 is 0 Å². The lowest BCUT2D eigenvalue weighted by Gasteiger charge is -2.05. The summed E-state index contributed by atoms with van der Waals surface area (Å²) in [5.74, 6) is 1.29. The van der Waals surface area contributed by atoms with Gasteiger partial charge in [-0.3, -0.25) is 4.68 Å². The van der Waals surface area contributed by atoms with Gasteiger partial charge in [-0.2, -0.15) is 5.10 Å². The molecule has 1 aromatic carbocycles. The van der Waals surface area contributed by atoms with Crippen molar-refractivity contribution in [1.82, 2.24) is 9.78 Å². The van der Waals surface area contributed by atoms with Gasteiger partial charge in [0.15, 0.2) is 5.75 Å². The Balaban J connectivity index is 2.15. The molecule has 0 saturated heterocycles. The predicted molar refractivity (Wildman–Crippen MR) is 65.3 cm³/mol. The summed E-state index contributed by atoms with van der Waals surface area (Å²) in [7, 11) is 0. The Bertz CT molecular complexity index is 511. The molecule has 90 valence electrons. The number of aliphatic hydroxyl groups is 1. The van der Waals surface area contributed by atoms with Crippen molar-refractivity contribution in [3.8, 4) is 11.5 Å². The topological polar surface area (TPSA) is 47.3 Å². The molecule has 5 heteroatoms. The molecule has 0 fully saturated rings. The van der Waals surface area contributed by atoms with Crippen LogP contribution in [0.25, 0.3) is 0 Å². The molecule has 1 heterocycles. The Morgan fingerprint density at radius 1 is 1.41 bits per heavy atom. The van der Waals surface area contributed by atoms with Gasteiger partial charge in [-0.15, -0.1) is 0 Å². The van der Waals surface area contributed by atoms with Gasteiger partial charge < -0.3 is 9.84 Å². The van der Waals surface area contributed by atoms with Crippen LogP contribution in [0.5, 0.6) is 11.5 Å². The quantitative estimate of drug-likeness (QED) is 0.910. The molecular formula is C12H13ClN2O2. The third-order valence-corrected chi connectivity index (χ3v) is 2.72. The van der Waals surface area contributed by atoms with E-state index in [0.29, 0.717) is 22.1 Å². The minimum atomic E-state index is -0.0765. The van der Waals surface area contributed by atoms with E-state index in [0.717, 1.165) is 6.54 Å². The van der Waals surface area contributed by atoms with Crippen molar-refractivity contribution in [2.45, 2.75) is 20.1 Å². The lowest BCUT2D eigenvalue weighted by atomic mass is 10.2. The summed E-state index contributed by atoms with van der Waals surface area (Å²) in [5.41, 5.74) is 0.684. The number of aryl methyl sites for hydroxylation is 1. The van der Waals surface area contributed by atoms with Gasteiger partial charge in [-0.1, -0.05) is 17.7 Å². The Kier molecular flexibility index (Phi) is 3.66. The lowest BCUT2D eigenvalue weighted by Crippen LogP contribution is -1.92. The van der Waals surface area contributed by atoms with Gasteiger partial charge in [0, 0.05) is 11.6 Å². The van der Waals surface area contributed by atoms with Crippen LogP contribution in [0.3, 0.4) is 0 Å². The molecule has 0 bridgehead atoms. The van der Waals surface area contributed by atoms with Crippen molar-refractivity contribution in [2.75, 3.05) is 0 Å². The average molecular weight is 253 g/mol. The van der Waals surface area contributed by atoms with Crippen LogP contribution >= 0.6 is 11.6 Å². The maximum Gasteiger partial charge on any atom is 0.165 e. The SMILES string of the molecule is CCn1cc(Oc2ccc(CO)c(Cl)c2)cn1. The van der Waals surface area contributed by atoms with E-state index in [1.807, 2.05) is 13.1 Å². The molecule has 1 aromatic heterocycles. The molecule has 0 unspecified atom stereocenters. The first kappa shape index (κ1) is 12.0. The zero-order valence-corrected chi connectivity index (χ0v) is 10.2. The first-order valence-corrected chi connectivity index (χ1v) is 5.70. The monoisotopic (exact) mass is 252 g/mol. The fourth-order valence-electron chi connectivity index (χ4n) is 1.43. The molecule has 1 N–H and O–H groups in total. The van der Waals surface area contributed by atoms with E-state index in [1.165, 1.54) is 0 Å². The maximum atomic E-state index is 9.00. The number of halogens is 1. The summed E-state index contributed by atoms with van der Waals surface area (Å²) in [6.07, 6.45) is 3.46. The van der Waals surface area contributed by atoms with Crippen LogP contribution in [0.4, 0.5) is 0 Å². The summed E-state index contributed by atoms with van der Waals surface area (Å²) >= 11 is 5.97. The van der Waals surface area contributed by atoms with Crippen LogP contribution in [-0.2, 0) is 13.2 Å². The van der Waals surface area contributed by atoms with Crippen LogP contribution in [0.15, 0.2) is 30.6 Å². The molecule has 0 aliphatic carbocycles. The molecule has 0 atom stereocenters. The standard InChI is InChI=1S/C12H13ClN2O2/c1-2-15-7-11(6-14-15)17-10-4-3-9(8-16)12(13)5-10/h3-7,16H,2,8H2,1H3. The van der Waals surface area contributed by atoms with Crippen LogP contribution in [0.2, 0.25) is 5.02 Å².